The summed E-state index contributed by atoms with van der Waals surface area (Å²) in [4.78, 5) is 11.5. The van der Waals surface area contributed by atoms with Crippen molar-refractivity contribution in [3.63, 3.8) is 0 Å². The number of hydroxylamine groups is 1. The van der Waals surface area contributed by atoms with Crippen LogP contribution in [0.25, 0.3) is 10.9 Å². The predicted molar refractivity (Wildman–Crippen MR) is 87.6 cm³/mol. The van der Waals surface area contributed by atoms with Gasteiger partial charge in [0.15, 0.2) is 0 Å². The lowest BCUT2D eigenvalue weighted by Gasteiger charge is -2.08. The summed E-state index contributed by atoms with van der Waals surface area (Å²) in [5.74, 6) is 0.856. The van der Waals surface area contributed by atoms with Crippen LogP contribution in [0.3, 0.4) is 0 Å². The normalized spacial score (nSPS) is 10.6. The highest BCUT2D eigenvalue weighted by molar-refractivity contribution is 5.97. The Labute approximate surface area is 138 Å². The number of ether oxygens (including phenoxy) is 2. The van der Waals surface area contributed by atoms with Crippen LogP contribution in [0.15, 0.2) is 42.6 Å². The van der Waals surface area contributed by atoms with Crippen molar-refractivity contribution in [1.29, 1.82) is 0 Å². The van der Waals surface area contributed by atoms with E-state index < -0.39 is 5.91 Å². The molecule has 0 atom stereocenters. The van der Waals surface area contributed by atoms with E-state index >= 15 is 0 Å². The molecule has 0 saturated carbocycles. The third kappa shape index (κ3) is 3.16. The van der Waals surface area contributed by atoms with E-state index in [-0.39, 0.29) is 0 Å². The molecule has 0 bridgehead atoms. The average molecular weight is 327 g/mol. The maximum atomic E-state index is 11.5. The van der Waals surface area contributed by atoms with Gasteiger partial charge in [-0.2, -0.15) is 5.10 Å². The summed E-state index contributed by atoms with van der Waals surface area (Å²) in [5, 5.41) is 14.1. The van der Waals surface area contributed by atoms with Gasteiger partial charge in [-0.25, -0.2) is 5.48 Å². The molecule has 0 saturated heterocycles. The van der Waals surface area contributed by atoms with Crippen LogP contribution in [0.1, 0.15) is 15.9 Å². The Morgan fingerprint density at radius 3 is 2.50 bits per heavy atom. The van der Waals surface area contributed by atoms with Crippen molar-refractivity contribution in [2.75, 3.05) is 14.2 Å². The van der Waals surface area contributed by atoms with Crippen LogP contribution in [0, 0.1) is 0 Å². The third-order valence-corrected chi connectivity index (χ3v) is 3.67. The molecule has 0 fully saturated rings. The fourth-order valence-electron chi connectivity index (χ4n) is 2.50. The second kappa shape index (κ2) is 6.59. The first kappa shape index (κ1) is 15.8. The van der Waals surface area contributed by atoms with Crippen LogP contribution in [0.5, 0.6) is 11.5 Å². The number of methoxy groups -OCH3 is 2. The Hall–Kier alpha value is -3.06. The Balaban J connectivity index is 1.91. The minimum absolute atomic E-state index is 0.346. The lowest BCUT2D eigenvalue weighted by Crippen LogP contribution is -2.18. The zero-order valence-electron chi connectivity index (χ0n) is 13.3. The zero-order valence-corrected chi connectivity index (χ0v) is 13.3. The number of aromatic nitrogens is 2. The van der Waals surface area contributed by atoms with Crippen LogP contribution < -0.4 is 15.0 Å². The molecule has 0 unspecified atom stereocenters. The van der Waals surface area contributed by atoms with Gasteiger partial charge in [0, 0.05) is 23.2 Å². The molecule has 124 valence electrons. The molecule has 2 N–H and O–H groups in total. The number of benzene rings is 2. The molecular weight excluding hydrogens is 310 g/mol. The SMILES string of the molecule is COc1cc(Cn2cc3ccc(C(=O)NO)cc3n2)cc(OC)c1. The largest absolute Gasteiger partial charge is 0.497 e. The molecule has 0 aliphatic carbocycles. The first-order chi connectivity index (χ1) is 11.6. The lowest BCUT2D eigenvalue weighted by molar-refractivity contribution is 0.0706. The summed E-state index contributed by atoms with van der Waals surface area (Å²) in [6.07, 6.45) is 1.89. The van der Waals surface area contributed by atoms with E-state index in [1.54, 1.807) is 42.6 Å². The van der Waals surface area contributed by atoms with E-state index in [1.807, 2.05) is 24.4 Å². The summed E-state index contributed by atoms with van der Waals surface area (Å²) in [6.45, 7) is 0.532. The van der Waals surface area contributed by atoms with E-state index in [1.165, 1.54) is 0 Å². The molecular formula is C17H17N3O4. The van der Waals surface area contributed by atoms with Gasteiger partial charge in [-0.3, -0.25) is 14.7 Å². The summed E-state index contributed by atoms with van der Waals surface area (Å²) >= 11 is 0. The number of amides is 1. The second-order valence-electron chi connectivity index (χ2n) is 5.26. The van der Waals surface area contributed by atoms with E-state index in [0.29, 0.717) is 29.1 Å². The third-order valence-electron chi connectivity index (χ3n) is 3.67. The first-order valence-corrected chi connectivity index (χ1v) is 7.26. The van der Waals surface area contributed by atoms with Gasteiger partial charge < -0.3 is 9.47 Å². The minimum Gasteiger partial charge on any atom is -0.497 e. The van der Waals surface area contributed by atoms with Crippen LogP contribution in [0.4, 0.5) is 0 Å². The number of nitrogens with zero attached hydrogens (tertiary/aromatic N) is 2. The molecule has 1 aromatic heterocycles. The highest BCUT2D eigenvalue weighted by atomic mass is 16.5. The van der Waals surface area contributed by atoms with Crippen molar-refractivity contribution >= 4 is 16.8 Å². The topological polar surface area (TPSA) is 85.6 Å². The zero-order chi connectivity index (χ0) is 17.1. The van der Waals surface area contributed by atoms with E-state index in [2.05, 4.69) is 5.10 Å². The van der Waals surface area contributed by atoms with Crippen molar-refractivity contribution < 1.29 is 19.5 Å². The monoisotopic (exact) mass is 327 g/mol. The smallest absolute Gasteiger partial charge is 0.274 e. The number of nitrogens with one attached hydrogen (secondary N) is 1. The van der Waals surface area contributed by atoms with Gasteiger partial charge in [0.05, 0.1) is 26.3 Å². The molecule has 3 rings (SSSR count). The molecule has 7 heteroatoms. The highest BCUT2D eigenvalue weighted by Crippen LogP contribution is 2.23. The van der Waals surface area contributed by atoms with Gasteiger partial charge in [-0.1, -0.05) is 6.07 Å². The summed E-state index contributed by atoms with van der Waals surface area (Å²) in [5.41, 5.74) is 3.61. The van der Waals surface area contributed by atoms with Crippen molar-refractivity contribution in [2.45, 2.75) is 6.54 Å². The van der Waals surface area contributed by atoms with E-state index in [4.69, 9.17) is 14.7 Å². The van der Waals surface area contributed by atoms with Gasteiger partial charge in [-0.15, -0.1) is 0 Å². The van der Waals surface area contributed by atoms with Gasteiger partial charge >= 0.3 is 0 Å². The van der Waals surface area contributed by atoms with Gasteiger partial charge in [0.2, 0.25) is 0 Å². The maximum absolute atomic E-state index is 11.5. The number of carbonyl (C=O) groups excluding carboxylic acids is 1. The molecule has 2 aromatic carbocycles. The second-order valence-corrected chi connectivity index (χ2v) is 5.26. The minimum atomic E-state index is -0.566. The fourth-order valence-corrected chi connectivity index (χ4v) is 2.50. The predicted octanol–water partition coefficient (Wildman–Crippen LogP) is 2.22. The van der Waals surface area contributed by atoms with E-state index in [0.717, 1.165) is 10.9 Å². The summed E-state index contributed by atoms with van der Waals surface area (Å²) in [6, 6.07) is 10.7. The molecule has 0 aliphatic heterocycles. The first-order valence-electron chi connectivity index (χ1n) is 7.26. The van der Waals surface area contributed by atoms with E-state index in [9.17, 15) is 4.79 Å². The molecule has 24 heavy (non-hydrogen) atoms. The van der Waals surface area contributed by atoms with Crippen molar-refractivity contribution in [3.05, 3.63) is 53.7 Å². The molecule has 0 radical (unpaired) electrons. The number of hydrogen-bond donors (Lipinski definition) is 2. The van der Waals surface area contributed by atoms with Crippen LogP contribution in [-0.2, 0) is 6.54 Å². The maximum Gasteiger partial charge on any atom is 0.274 e. The standard InChI is InChI=1S/C17H17N3O4/c1-23-14-5-11(6-15(8-14)24-2)9-20-10-13-4-3-12(17(21)19-22)7-16(13)18-20/h3-8,10,22H,9H2,1-2H3,(H,19,21). The van der Waals surface area contributed by atoms with Crippen LogP contribution >= 0.6 is 0 Å². The van der Waals surface area contributed by atoms with Crippen LogP contribution in [0.2, 0.25) is 0 Å². The number of rotatable bonds is 5. The number of carbonyl (C=O) groups is 1. The van der Waals surface area contributed by atoms with Gasteiger partial charge in [0.1, 0.15) is 11.5 Å². The van der Waals surface area contributed by atoms with Gasteiger partial charge in [0.25, 0.3) is 5.91 Å². The Morgan fingerprint density at radius 1 is 1.17 bits per heavy atom. The number of fused-ring (bicyclic) bond motifs is 1. The quantitative estimate of drug-likeness (QED) is 0.554. The Kier molecular flexibility index (Phi) is 4.35. The van der Waals surface area contributed by atoms with Crippen molar-refractivity contribution in [3.8, 4) is 11.5 Å². The molecule has 1 amide bonds. The fraction of sp³-hybridized carbons (Fsp3) is 0.176. The Bertz CT molecular complexity index is 866. The molecule has 7 nitrogen and oxygen atoms in total. The molecule has 0 aliphatic rings. The lowest BCUT2D eigenvalue weighted by atomic mass is 10.1. The van der Waals surface area contributed by atoms with Crippen molar-refractivity contribution in [2.24, 2.45) is 0 Å². The Morgan fingerprint density at radius 2 is 1.88 bits per heavy atom. The molecule has 3 aromatic rings. The summed E-state index contributed by atoms with van der Waals surface area (Å²) in [7, 11) is 3.21. The molecule has 0 spiro atoms. The summed E-state index contributed by atoms with van der Waals surface area (Å²) < 4.78 is 12.3. The van der Waals surface area contributed by atoms with Gasteiger partial charge in [-0.05, 0) is 29.8 Å². The van der Waals surface area contributed by atoms with Crippen molar-refractivity contribution in [1.82, 2.24) is 15.3 Å². The average Bonchev–Trinajstić information content (AvgIpc) is 3.01. The van der Waals surface area contributed by atoms with Crippen LogP contribution in [-0.4, -0.2) is 35.1 Å². The highest BCUT2D eigenvalue weighted by Gasteiger charge is 2.09. The number of hydrogen-bond acceptors (Lipinski definition) is 5. The molecule has 1 heterocycles.